The van der Waals surface area contributed by atoms with Gasteiger partial charge in [-0.2, -0.15) is 0 Å². The minimum atomic E-state index is -0.356. The number of halogens is 2. The van der Waals surface area contributed by atoms with Crippen molar-refractivity contribution in [2.75, 3.05) is 16.4 Å². The molecule has 0 saturated heterocycles. The van der Waals surface area contributed by atoms with Crippen molar-refractivity contribution >= 4 is 62.8 Å². The molecule has 0 aliphatic heterocycles. The minimum Gasteiger partial charge on any atom is -0.382 e. The molecular formula is C17H14Cl2N4OS. The third-order valence-electron chi connectivity index (χ3n) is 3.40. The number of thiazole rings is 1. The molecule has 0 fully saturated rings. The summed E-state index contributed by atoms with van der Waals surface area (Å²) in [5, 5.41) is 7.44. The van der Waals surface area contributed by atoms with E-state index in [9.17, 15) is 4.79 Å². The van der Waals surface area contributed by atoms with Gasteiger partial charge in [-0.05, 0) is 36.8 Å². The third kappa shape index (κ3) is 4.04. The summed E-state index contributed by atoms with van der Waals surface area (Å²) < 4.78 is 0. The van der Waals surface area contributed by atoms with E-state index in [4.69, 9.17) is 28.9 Å². The summed E-state index contributed by atoms with van der Waals surface area (Å²) >= 11 is 13.3. The number of hydrogen-bond donors (Lipinski definition) is 3. The highest BCUT2D eigenvalue weighted by Crippen LogP contribution is 2.31. The summed E-state index contributed by atoms with van der Waals surface area (Å²) in [6, 6.07) is 12.6. The fourth-order valence-electron chi connectivity index (χ4n) is 2.20. The first-order valence-electron chi connectivity index (χ1n) is 7.29. The maximum Gasteiger partial charge on any atom is 0.269 e. The molecule has 0 atom stereocenters. The number of anilines is 4. The van der Waals surface area contributed by atoms with E-state index < -0.39 is 0 Å². The minimum absolute atomic E-state index is 0.150. The molecule has 8 heteroatoms. The fourth-order valence-corrected chi connectivity index (χ4v) is 3.46. The van der Waals surface area contributed by atoms with Gasteiger partial charge in [-0.1, -0.05) is 52.7 Å². The lowest BCUT2D eigenvalue weighted by Gasteiger charge is -2.09. The number of para-hydroxylation sites is 1. The van der Waals surface area contributed by atoms with Crippen molar-refractivity contribution in [2.24, 2.45) is 0 Å². The molecule has 1 aromatic heterocycles. The number of rotatable bonds is 4. The predicted molar refractivity (Wildman–Crippen MR) is 105 cm³/mol. The zero-order chi connectivity index (χ0) is 18.0. The quantitative estimate of drug-likeness (QED) is 0.559. The van der Waals surface area contributed by atoms with E-state index in [0.29, 0.717) is 25.7 Å². The van der Waals surface area contributed by atoms with Crippen LogP contribution in [0.25, 0.3) is 0 Å². The highest BCUT2D eigenvalue weighted by atomic mass is 35.5. The van der Waals surface area contributed by atoms with E-state index >= 15 is 0 Å². The molecular weight excluding hydrogens is 379 g/mol. The van der Waals surface area contributed by atoms with Crippen LogP contribution in [-0.4, -0.2) is 10.9 Å². The van der Waals surface area contributed by atoms with E-state index in [-0.39, 0.29) is 11.7 Å². The number of amides is 1. The molecule has 0 saturated carbocycles. The van der Waals surface area contributed by atoms with Crippen LogP contribution in [0.15, 0.2) is 42.5 Å². The number of carbonyl (C=O) groups is 1. The van der Waals surface area contributed by atoms with Crippen LogP contribution in [0.3, 0.4) is 0 Å². The molecule has 0 unspecified atom stereocenters. The Balaban J connectivity index is 1.81. The lowest BCUT2D eigenvalue weighted by Crippen LogP contribution is -2.13. The van der Waals surface area contributed by atoms with Crippen molar-refractivity contribution in [3.8, 4) is 0 Å². The number of nitrogens with two attached hydrogens (primary N) is 1. The van der Waals surface area contributed by atoms with Crippen LogP contribution in [-0.2, 0) is 0 Å². The molecule has 0 bridgehead atoms. The zero-order valence-electron chi connectivity index (χ0n) is 13.1. The van der Waals surface area contributed by atoms with Crippen LogP contribution in [0.5, 0.6) is 0 Å². The van der Waals surface area contributed by atoms with Crippen molar-refractivity contribution in [1.29, 1.82) is 0 Å². The van der Waals surface area contributed by atoms with Crippen LogP contribution in [0.2, 0.25) is 10.0 Å². The topological polar surface area (TPSA) is 80.0 Å². The number of carbonyl (C=O) groups excluding carboxylic acids is 1. The smallest absolute Gasteiger partial charge is 0.269 e. The molecule has 0 radical (unpaired) electrons. The Kier molecular flexibility index (Phi) is 5.13. The second-order valence-electron chi connectivity index (χ2n) is 5.25. The van der Waals surface area contributed by atoms with E-state index in [1.54, 1.807) is 18.2 Å². The van der Waals surface area contributed by atoms with Crippen molar-refractivity contribution in [2.45, 2.75) is 6.92 Å². The summed E-state index contributed by atoms with van der Waals surface area (Å²) in [7, 11) is 0. The van der Waals surface area contributed by atoms with Gasteiger partial charge < -0.3 is 16.4 Å². The largest absolute Gasteiger partial charge is 0.382 e. The molecule has 0 aliphatic rings. The summed E-state index contributed by atoms with van der Waals surface area (Å²) in [6.07, 6.45) is 0. The van der Waals surface area contributed by atoms with Gasteiger partial charge in [-0.25, -0.2) is 4.98 Å². The summed E-state index contributed by atoms with van der Waals surface area (Å²) in [5.41, 5.74) is 8.08. The first-order valence-corrected chi connectivity index (χ1v) is 8.86. The van der Waals surface area contributed by atoms with Crippen LogP contribution < -0.4 is 16.4 Å². The average Bonchev–Trinajstić information content (AvgIpc) is 2.91. The van der Waals surface area contributed by atoms with Crippen LogP contribution in [0.4, 0.5) is 22.3 Å². The summed E-state index contributed by atoms with van der Waals surface area (Å²) in [6.45, 7) is 1.86. The number of aromatic nitrogens is 1. The molecule has 1 heterocycles. The highest BCUT2D eigenvalue weighted by molar-refractivity contribution is 7.18. The van der Waals surface area contributed by atoms with E-state index in [1.165, 1.54) is 0 Å². The molecule has 4 N–H and O–H groups in total. The predicted octanol–water partition coefficient (Wildman–Crippen LogP) is 5.34. The Labute approximate surface area is 158 Å². The zero-order valence-corrected chi connectivity index (χ0v) is 15.5. The SMILES string of the molecule is Cc1cccc(Cl)c1NC(=O)c1sc(Nc2cccc(Cl)c2)nc1N. The van der Waals surface area contributed by atoms with Gasteiger partial charge in [0.25, 0.3) is 5.91 Å². The molecule has 5 nitrogen and oxygen atoms in total. The van der Waals surface area contributed by atoms with E-state index in [1.807, 2.05) is 31.2 Å². The highest BCUT2D eigenvalue weighted by Gasteiger charge is 2.18. The summed E-state index contributed by atoms with van der Waals surface area (Å²) in [5.74, 6) is -0.206. The van der Waals surface area contributed by atoms with Gasteiger partial charge in [-0.15, -0.1) is 0 Å². The molecule has 3 aromatic rings. The Morgan fingerprint density at radius 1 is 1.20 bits per heavy atom. The number of benzene rings is 2. The van der Waals surface area contributed by atoms with Crippen LogP contribution in [0.1, 0.15) is 15.2 Å². The van der Waals surface area contributed by atoms with Crippen LogP contribution in [0, 0.1) is 6.92 Å². The first-order chi connectivity index (χ1) is 11.9. The van der Waals surface area contributed by atoms with Gasteiger partial charge in [0.1, 0.15) is 10.7 Å². The maximum atomic E-state index is 12.5. The lowest BCUT2D eigenvalue weighted by atomic mass is 10.2. The van der Waals surface area contributed by atoms with Crippen molar-refractivity contribution < 1.29 is 4.79 Å². The molecule has 128 valence electrons. The van der Waals surface area contributed by atoms with Crippen molar-refractivity contribution in [3.63, 3.8) is 0 Å². The third-order valence-corrected chi connectivity index (χ3v) is 4.93. The second-order valence-corrected chi connectivity index (χ2v) is 7.10. The average molecular weight is 393 g/mol. The van der Waals surface area contributed by atoms with Gasteiger partial charge >= 0.3 is 0 Å². The number of nitrogens with zero attached hydrogens (tertiary/aromatic N) is 1. The van der Waals surface area contributed by atoms with Gasteiger partial charge in [0, 0.05) is 10.7 Å². The van der Waals surface area contributed by atoms with Gasteiger partial charge in [0.05, 0.1) is 10.7 Å². The van der Waals surface area contributed by atoms with Gasteiger partial charge in [-0.3, -0.25) is 4.79 Å². The van der Waals surface area contributed by atoms with Crippen molar-refractivity contribution in [3.05, 3.63) is 63.0 Å². The standard InChI is InChI=1S/C17H14Cl2N4OS/c1-9-4-2-7-12(19)13(9)22-16(24)14-15(20)23-17(25-14)21-11-6-3-5-10(18)8-11/h2-8H,20H2,1H3,(H,21,23)(H,22,24). The maximum absolute atomic E-state index is 12.5. The fraction of sp³-hybridized carbons (Fsp3) is 0.0588. The number of aryl methyl sites for hydroxylation is 1. The van der Waals surface area contributed by atoms with E-state index in [2.05, 4.69) is 15.6 Å². The lowest BCUT2D eigenvalue weighted by molar-refractivity contribution is 0.103. The summed E-state index contributed by atoms with van der Waals surface area (Å²) in [4.78, 5) is 17.0. The molecule has 2 aromatic carbocycles. The molecule has 1 amide bonds. The number of hydrogen-bond acceptors (Lipinski definition) is 5. The van der Waals surface area contributed by atoms with Crippen LogP contribution >= 0.6 is 34.5 Å². The monoisotopic (exact) mass is 392 g/mol. The normalized spacial score (nSPS) is 10.5. The Hall–Kier alpha value is -2.28. The Morgan fingerprint density at radius 3 is 2.68 bits per heavy atom. The molecule has 3 rings (SSSR count). The molecule has 0 aliphatic carbocycles. The van der Waals surface area contributed by atoms with Crippen molar-refractivity contribution in [1.82, 2.24) is 4.98 Å². The van der Waals surface area contributed by atoms with E-state index in [0.717, 1.165) is 22.6 Å². The Morgan fingerprint density at radius 2 is 1.96 bits per heavy atom. The number of nitrogen functional groups attached to an aromatic ring is 1. The first kappa shape index (κ1) is 17.5. The Bertz CT molecular complexity index is 922. The van der Waals surface area contributed by atoms with Gasteiger partial charge in [0.2, 0.25) is 0 Å². The molecule has 25 heavy (non-hydrogen) atoms. The number of nitrogens with one attached hydrogen (secondary N) is 2. The molecule has 0 spiro atoms. The second kappa shape index (κ2) is 7.31. The van der Waals surface area contributed by atoms with Gasteiger partial charge in [0.15, 0.2) is 5.13 Å².